The molecule has 4 rings (SSSR count). The second-order valence-corrected chi connectivity index (χ2v) is 7.85. The van der Waals surface area contributed by atoms with E-state index in [9.17, 15) is 9.59 Å². The van der Waals surface area contributed by atoms with Crippen LogP contribution in [-0.2, 0) is 0 Å². The average Bonchev–Trinajstić information content (AvgIpc) is 3.12. The van der Waals surface area contributed by atoms with Crippen LogP contribution < -0.4 is 16.0 Å². The molecule has 3 N–H and O–H groups in total. The number of halogens is 1. The van der Waals surface area contributed by atoms with Gasteiger partial charge in [0.05, 0.1) is 32.8 Å². The molecule has 30 heavy (non-hydrogen) atoms. The van der Waals surface area contributed by atoms with Gasteiger partial charge in [-0.2, -0.15) is 0 Å². The minimum absolute atomic E-state index is 0.273. The molecular weight excluding hydrogens is 422 g/mol. The summed E-state index contributed by atoms with van der Waals surface area (Å²) >= 11 is 7.47. The van der Waals surface area contributed by atoms with Crippen LogP contribution in [0.15, 0.2) is 60.9 Å². The molecule has 0 saturated heterocycles. The van der Waals surface area contributed by atoms with E-state index in [-0.39, 0.29) is 5.91 Å². The van der Waals surface area contributed by atoms with Crippen LogP contribution >= 0.6 is 22.9 Å². The minimum Gasteiger partial charge on any atom is -0.320 e. The summed E-state index contributed by atoms with van der Waals surface area (Å²) in [6.45, 7) is 1.88. The maximum atomic E-state index is 12.7. The van der Waals surface area contributed by atoms with Crippen LogP contribution in [0, 0.1) is 6.92 Å². The molecule has 0 unspecified atom stereocenters. The van der Waals surface area contributed by atoms with E-state index in [4.69, 9.17) is 11.6 Å². The van der Waals surface area contributed by atoms with Gasteiger partial charge in [0.1, 0.15) is 0 Å². The molecule has 9 heteroatoms. The lowest BCUT2D eigenvalue weighted by Crippen LogP contribution is -2.19. The number of pyridine rings is 1. The first-order valence-corrected chi connectivity index (χ1v) is 10.1. The highest BCUT2D eigenvalue weighted by molar-refractivity contribution is 7.22. The van der Waals surface area contributed by atoms with Crippen molar-refractivity contribution in [1.82, 2.24) is 9.97 Å². The molecule has 0 fully saturated rings. The number of para-hydroxylation sites is 1. The van der Waals surface area contributed by atoms with E-state index in [0.29, 0.717) is 32.6 Å². The Labute approximate surface area is 181 Å². The summed E-state index contributed by atoms with van der Waals surface area (Å²) < 4.78 is 0.773. The van der Waals surface area contributed by atoms with Crippen molar-refractivity contribution in [3.8, 4) is 0 Å². The lowest BCUT2D eigenvalue weighted by molar-refractivity contribution is 0.102. The molecule has 150 valence electrons. The van der Waals surface area contributed by atoms with Crippen molar-refractivity contribution < 1.29 is 9.59 Å². The van der Waals surface area contributed by atoms with Gasteiger partial charge >= 0.3 is 6.03 Å². The second kappa shape index (κ2) is 8.48. The number of urea groups is 1. The number of carbonyl (C=O) groups excluding carboxylic acids is 2. The number of hydrogen-bond donors (Lipinski definition) is 3. The van der Waals surface area contributed by atoms with Gasteiger partial charge in [0.15, 0.2) is 5.13 Å². The van der Waals surface area contributed by atoms with Crippen molar-refractivity contribution in [2.75, 3.05) is 16.0 Å². The number of thiazole rings is 1. The number of benzene rings is 2. The van der Waals surface area contributed by atoms with Crippen LogP contribution in [0.4, 0.5) is 21.3 Å². The molecule has 3 amide bonds. The summed E-state index contributed by atoms with van der Waals surface area (Å²) in [4.78, 5) is 33.1. The van der Waals surface area contributed by atoms with E-state index >= 15 is 0 Å². The molecule has 0 spiro atoms. The van der Waals surface area contributed by atoms with Crippen LogP contribution in [0.25, 0.3) is 10.2 Å². The first-order valence-electron chi connectivity index (χ1n) is 8.95. The van der Waals surface area contributed by atoms with Crippen molar-refractivity contribution in [2.45, 2.75) is 6.92 Å². The number of amides is 3. The molecule has 0 aliphatic rings. The molecule has 2 aromatic heterocycles. The van der Waals surface area contributed by atoms with Gasteiger partial charge in [0, 0.05) is 11.8 Å². The SMILES string of the molecule is Cc1cccc(Cl)c1NC(=O)c1ccc2nc(NC(=O)Nc3cccnc3)sc2c1. The molecule has 7 nitrogen and oxygen atoms in total. The zero-order chi connectivity index (χ0) is 21.1. The first-order chi connectivity index (χ1) is 14.5. The Balaban J connectivity index is 1.49. The van der Waals surface area contributed by atoms with Crippen molar-refractivity contribution >= 4 is 61.6 Å². The van der Waals surface area contributed by atoms with Crippen LogP contribution in [0.3, 0.4) is 0 Å². The van der Waals surface area contributed by atoms with Crippen molar-refractivity contribution in [2.24, 2.45) is 0 Å². The highest BCUT2D eigenvalue weighted by Crippen LogP contribution is 2.29. The number of nitrogens with zero attached hydrogens (tertiary/aromatic N) is 2. The molecule has 0 aliphatic carbocycles. The van der Waals surface area contributed by atoms with Crippen LogP contribution in [0.2, 0.25) is 5.02 Å². The zero-order valence-corrected chi connectivity index (χ0v) is 17.3. The number of fused-ring (bicyclic) bond motifs is 1. The van der Waals surface area contributed by atoms with E-state index in [1.165, 1.54) is 11.3 Å². The predicted octanol–water partition coefficient (Wildman–Crippen LogP) is 5.55. The Morgan fingerprint density at radius 2 is 1.90 bits per heavy atom. The largest absolute Gasteiger partial charge is 0.325 e. The van der Waals surface area contributed by atoms with Crippen LogP contribution in [-0.4, -0.2) is 21.9 Å². The topological polar surface area (TPSA) is 96.0 Å². The third-order valence-corrected chi connectivity index (χ3v) is 5.50. The standard InChI is InChI=1S/C21H16ClN5O2S/c1-12-4-2-6-15(22)18(12)26-19(28)13-7-8-16-17(10-13)30-21(25-16)27-20(29)24-14-5-3-9-23-11-14/h2-11H,1H3,(H,26,28)(H2,24,25,27,29). The fraction of sp³-hybridized carbons (Fsp3) is 0.0476. The molecule has 0 atom stereocenters. The van der Waals surface area contributed by atoms with Crippen molar-refractivity contribution in [3.05, 3.63) is 77.1 Å². The number of aromatic nitrogens is 2. The lowest BCUT2D eigenvalue weighted by Gasteiger charge is -2.10. The summed E-state index contributed by atoms with van der Waals surface area (Å²) in [5.74, 6) is -0.273. The van der Waals surface area contributed by atoms with Crippen molar-refractivity contribution in [1.29, 1.82) is 0 Å². The highest BCUT2D eigenvalue weighted by Gasteiger charge is 2.13. The van der Waals surface area contributed by atoms with Gasteiger partial charge in [-0.3, -0.25) is 15.1 Å². The van der Waals surface area contributed by atoms with E-state index in [0.717, 1.165) is 10.3 Å². The number of aryl methyl sites for hydroxylation is 1. The normalized spacial score (nSPS) is 10.6. The molecule has 2 heterocycles. The number of nitrogens with one attached hydrogen (secondary N) is 3. The Morgan fingerprint density at radius 3 is 2.67 bits per heavy atom. The summed E-state index contributed by atoms with van der Waals surface area (Å²) in [5, 5.41) is 9.13. The Hall–Kier alpha value is -3.49. The zero-order valence-electron chi connectivity index (χ0n) is 15.8. The first kappa shape index (κ1) is 19.8. The molecule has 4 aromatic rings. The summed E-state index contributed by atoms with van der Waals surface area (Å²) in [5.41, 5.74) is 3.19. The van der Waals surface area contributed by atoms with Gasteiger partial charge in [-0.1, -0.05) is 35.1 Å². The average molecular weight is 438 g/mol. The van der Waals surface area contributed by atoms with Crippen LogP contribution in [0.5, 0.6) is 0 Å². The number of anilines is 3. The van der Waals surface area contributed by atoms with Gasteiger partial charge < -0.3 is 10.6 Å². The Morgan fingerprint density at radius 1 is 1.03 bits per heavy atom. The second-order valence-electron chi connectivity index (χ2n) is 6.41. The van der Waals surface area contributed by atoms with E-state index in [2.05, 4.69) is 25.9 Å². The Bertz CT molecular complexity index is 1220. The molecule has 0 radical (unpaired) electrons. The third-order valence-electron chi connectivity index (χ3n) is 4.25. The van der Waals surface area contributed by atoms with E-state index in [1.54, 1.807) is 48.8 Å². The molecule has 0 saturated carbocycles. The predicted molar refractivity (Wildman–Crippen MR) is 121 cm³/mol. The molecule has 0 bridgehead atoms. The van der Waals surface area contributed by atoms with E-state index < -0.39 is 6.03 Å². The van der Waals surface area contributed by atoms with Gasteiger partial charge in [-0.05, 0) is 48.9 Å². The lowest BCUT2D eigenvalue weighted by atomic mass is 10.1. The number of carbonyl (C=O) groups is 2. The van der Waals surface area contributed by atoms with Crippen molar-refractivity contribution in [3.63, 3.8) is 0 Å². The molecule has 2 aromatic carbocycles. The van der Waals surface area contributed by atoms with Gasteiger partial charge in [0.25, 0.3) is 5.91 Å². The quantitative estimate of drug-likeness (QED) is 0.390. The Kier molecular flexibility index (Phi) is 5.60. The minimum atomic E-state index is -0.422. The van der Waals surface area contributed by atoms with Gasteiger partial charge in [-0.25, -0.2) is 9.78 Å². The third kappa shape index (κ3) is 4.40. The summed E-state index contributed by atoms with van der Waals surface area (Å²) in [6.07, 6.45) is 3.17. The smallest absolute Gasteiger partial charge is 0.320 e. The fourth-order valence-electron chi connectivity index (χ4n) is 2.79. The fourth-order valence-corrected chi connectivity index (χ4v) is 3.96. The number of rotatable bonds is 4. The molecule has 0 aliphatic heterocycles. The summed E-state index contributed by atoms with van der Waals surface area (Å²) in [6, 6.07) is 13.6. The highest BCUT2D eigenvalue weighted by atomic mass is 35.5. The molecular formula is C21H16ClN5O2S. The number of hydrogen-bond acceptors (Lipinski definition) is 5. The van der Waals surface area contributed by atoms with Crippen LogP contribution in [0.1, 0.15) is 15.9 Å². The monoisotopic (exact) mass is 437 g/mol. The van der Waals surface area contributed by atoms with E-state index in [1.807, 2.05) is 19.1 Å². The maximum Gasteiger partial charge on any atom is 0.325 e. The maximum absolute atomic E-state index is 12.7. The summed E-state index contributed by atoms with van der Waals surface area (Å²) in [7, 11) is 0. The van der Waals surface area contributed by atoms with Gasteiger partial charge in [0.2, 0.25) is 0 Å². The van der Waals surface area contributed by atoms with Gasteiger partial charge in [-0.15, -0.1) is 0 Å².